The highest BCUT2D eigenvalue weighted by atomic mass is 32.1. The molecule has 0 amide bonds. The Hall–Kier alpha value is -1.51. The van der Waals surface area contributed by atoms with E-state index in [-0.39, 0.29) is 10.9 Å². The van der Waals surface area contributed by atoms with Crippen molar-refractivity contribution in [1.82, 2.24) is 19.5 Å². The van der Waals surface area contributed by atoms with Crippen LogP contribution in [0.15, 0.2) is 6.33 Å². The molecule has 2 heterocycles. The molecule has 0 saturated heterocycles. The Morgan fingerprint density at radius 3 is 3.06 bits per heavy atom. The third-order valence-corrected chi connectivity index (χ3v) is 2.93. The lowest BCUT2D eigenvalue weighted by Crippen LogP contribution is -2.16. The summed E-state index contributed by atoms with van der Waals surface area (Å²) in [5.41, 5.74) is 6.71. The van der Waals surface area contributed by atoms with Gasteiger partial charge in [-0.15, -0.1) is 0 Å². The van der Waals surface area contributed by atoms with Gasteiger partial charge in [0.1, 0.15) is 17.6 Å². The number of nitrogens with two attached hydrogens (primary N) is 1. The molecule has 0 aliphatic carbocycles. The summed E-state index contributed by atoms with van der Waals surface area (Å²) < 4.78 is 6.90. The fourth-order valence-corrected chi connectivity index (χ4v) is 1.88. The molecule has 0 bridgehead atoms. The Labute approximate surface area is 109 Å². The van der Waals surface area contributed by atoms with E-state index in [0.717, 1.165) is 0 Å². The number of nitrogen functional groups attached to an aromatic ring is 1. The van der Waals surface area contributed by atoms with Crippen molar-refractivity contribution in [1.29, 1.82) is 0 Å². The minimum absolute atomic E-state index is 0.0759. The van der Waals surface area contributed by atoms with Crippen molar-refractivity contribution in [2.24, 2.45) is 0 Å². The van der Waals surface area contributed by atoms with Crippen LogP contribution in [0.1, 0.15) is 19.6 Å². The van der Waals surface area contributed by atoms with Gasteiger partial charge in [-0.25, -0.2) is 4.98 Å². The number of aliphatic hydroxyl groups is 1. The first-order chi connectivity index (χ1) is 8.52. The summed E-state index contributed by atoms with van der Waals surface area (Å²) >= 11 is 4.96. The first-order valence-corrected chi connectivity index (χ1v) is 5.87. The van der Waals surface area contributed by atoms with Gasteiger partial charge in [0.25, 0.3) is 0 Å². The van der Waals surface area contributed by atoms with Crippen molar-refractivity contribution in [3.05, 3.63) is 11.1 Å². The van der Waals surface area contributed by atoms with E-state index in [2.05, 4.69) is 15.0 Å². The fourth-order valence-electron chi connectivity index (χ4n) is 1.68. The number of methoxy groups -OCH3 is 1. The van der Waals surface area contributed by atoms with Crippen LogP contribution in [0.3, 0.4) is 0 Å². The lowest BCUT2D eigenvalue weighted by Gasteiger charge is -2.16. The van der Waals surface area contributed by atoms with Crippen molar-refractivity contribution in [3.8, 4) is 0 Å². The fraction of sp³-hybridized carbons (Fsp3) is 0.500. The number of hydrogen-bond acceptors (Lipinski definition) is 6. The highest BCUT2D eigenvalue weighted by molar-refractivity contribution is 7.71. The predicted octanol–water partition coefficient (Wildman–Crippen LogP) is 0.987. The quantitative estimate of drug-likeness (QED) is 0.715. The summed E-state index contributed by atoms with van der Waals surface area (Å²) in [6, 6.07) is 0. The molecule has 18 heavy (non-hydrogen) atoms. The second-order valence-corrected chi connectivity index (χ2v) is 4.43. The Bertz CT molecular complexity index is 608. The van der Waals surface area contributed by atoms with E-state index in [0.29, 0.717) is 23.4 Å². The smallest absolute Gasteiger partial charge is 0.200 e. The normalized spacial score (nSPS) is 14.8. The Morgan fingerprint density at radius 1 is 1.67 bits per heavy atom. The van der Waals surface area contributed by atoms with Crippen LogP contribution in [0, 0.1) is 4.77 Å². The van der Waals surface area contributed by atoms with E-state index in [4.69, 9.17) is 22.7 Å². The zero-order valence-electron chi connectivity index (χ0n) is 10.1. The van der Waals surface area contributed by atoms with Crippen molar-refractivity contribution >= 4 is 29.2 Å². The maximum atomic E-state index is 10.1. The second-order valence-electron chi connectivity index (χ2n) is 4.04. The number of H-pyrrole nitrogens is 1. The molecule has 98 valence electrons. The molecule has 8 heteroatoms. The SMILES string of the molecule is COC(C)C[C@@H](O)n1cnc2c(N)[nH]c(=S)nc21. The highest BCUT2D eigenvalue weighted by Gasteiger charge is 2.16. The molecule has 2 rings (SSSR count). The second kappa shape index (κ2) is 5.01. The van der Waals surface area contributed by atoms with Gasteiger partial charge >= 0.3 is 0 Å². The number of rotatable bonds is 4. The summed E-state index contributed by atoms with van der Waals surface area (Å²) in [5.74, 6) is 0.343. The van der Waals surface area contributed by atoms with E-state index >= 15 is 0 Å². The molecular formula is C10H15N5O2S. The molecule has 0 radical (unpaired) electrons. The van der Waals surface area contributed by atoms with Gasteiger partial charge in [0, 0.05) is 13.5 Å². The first kappa shape index (κ1) is 12.9. The Balaban J connectivity index is 2.42. The Kier molecular flexibility index (Phi) is 3.60. The molecule has 2 aromatic rings. The molecule has 0 aliphatic heterocycles. The van der Waals surface area contributed by atoms with E-state index < -0.39 is 6.23 Å². The summed E-state index contributed by atoms with van der Waals surface area (Å²) in [6.07, 6.45) is 1.06. The number of nitrogens with zero attached hydrogens (tertiary/aromatic N) is 3. The number of hydrogen-bond donors (Lipinski definition) is 3. The number of aromatic nitrogens is 4. The molecule has 0 aromatic carbocycles. The number of ether oxygens (including phenoxy) is 1. The zero-order chi connectivity index (χ0) is 13.3. The van der Waals surface area contributed by atoms with Crippen LogP contribution in [0.4, 0.5) is 5.82 Å². The lowest BCUT2D eigenvalue weighted by molar-refractivity contribution is 0.0238. The standard InChI is InChI=1S/C10H15N5O2S/c1-5(17-2)3-6(16)15-4-12-7-8(11)13-10(18)14-9(7)15/h4-6,16H,3H2,1-2H3,(H3,11,13,14,18)/t5?,6-/m1/s1. The first-order valence-electron chi connectivity index (χ1n) is 5.46. The van der Waals surface area contributed by atoms with E-state index in [1.54, 1.807) is 7.11 Å². The van der Waals surface area contributed by atoms with Crippen LogP contribution in [0.25, 0.3) is 11.2 Å². The summed E-state index contributed by atoms with van der Waals surface area (Å²) in [4.78, 5) is 11.0. The molecule has 2 atom stereocenters. The van der Waals surface area contributed by atoms with Gasteiger partial charge in [-0.3, -0.25) is 4.57 Å². The van der Waals surface area contributed by atoms with Gasteiger partial charge in [-0.1, -0.05) is 0 Å². The number of fused-ring (bicyclic) bond motifs is 1. The molecule has 0 spiro atoms. The topological polar surface area (TPSA) is 102 Å². The van der Waals surface area contributed by atoms with Crippen LogP contribution in [0.2, 0.25) is 0 Å². The maximum Gasteiger partial charge on any atom is 0.200 e. The van der Waals surface area contributed by atoms with Crippen LogP contribution in [-0.4, -0.2) is 37.8 Å². The molecular weight excluding hydrogens is 254 g/mol. The van der Waals surface area contributed by atoms with E-state index in [1.807, 2.05) is 6.92 Å². The van der Waals surface area contributed by atoms with Crippen molar-refractivity contribution in [3.63, 3.8) is 0 Å². The lowest BCUT2D eigenvalue weighted by atomic mass is 10.2. The molecule has 0 aliphatic rings. The summed E-state index contributed by atoms with van der Waals surface area (Å²) in [6.45, 7) is 1.87. The molecule has 2 aromatic heterocycles. The monoisotopic (exact) mass is 269 g/mol. The highest BCUT2D eigenvalue weighted by Crippen LogP contribution is 2.20. The van der Waals surface area contributed by atoms with Crippen LogP contribution in [0.5, 0.6) is 0 Å². The Morgan fingerprint density at radius 2 is 2.39 bits per heavy atom. The van der Waals surface area contributed by atoms with E-state index in [9.17, 15) is 5.11 Å². The van der Waals surface area contributed by atoms with Crippen molar-refractivity contribution in [2.45, 2.75) is 25.7 Å². The number of aliphatic hydroxyl groups excluding tert-OH is 1. The molecule has 4 N–H and O–H groups in total. The number of imidazole rings is 1. The summed E-state index contributed by atoms with van der Waals surface area (Å²) in [5, 5.41) is 10.1. The molecule has 7 nitrogen and oxygen atoms in total. The minimum atomic E-state index is -0.784. The maximum absolute atomic E-state index is 10.1. The number of anilines is 1. The largest absolute Gasteiger partial charge is 0.383 e. The van der Waals surface area contributed by atoms with E-state index in [1.165, 1.54) is 10.9 Å². The van der Waals surface area contributed by atoms with Crippen molar-refractivity contribution < 1.29 is 9.84 Å². The third kappa shape index (κ3) is 2.35. The average molecular weight is 269 g/mol. The predicted molar refractivity (Wildman–Crippen MR) is 69.5 cm³/mol. The van der Waals surface area contributed by atoms with Gasteiger partial charge in [-0.05, 0) is 19.1 Å². The van der Waals surface area contributed by atoms with Gasteiger partial charge in [0.15, 0.2) is 10.4 Å². The van der Waals surface area contributed by atoms with Crippen LogP contribution < -0.4 is 5.73 Å². The summed E-state index contributed by atoms with van der Waals surface area (Å²) in [7, 11) is 1.59. The molecule has 0 fully saturated rings. The average Bonchev–Trinajstić information content (AvgIpc) is 2.72. The minimum Gasteiger partial charge on any atom is -0.383 e. The number of aromatic amines is 1. The zero-order valence-corrected chi connectivity index (χ0v) is 10.9. The third-order valence-electron chi connectivity index (χ3n) is 2.74. The van der Waals surface area contributed by atoms with Crippen LogP contribution in [-0.2, 0) is 4.74 Å². The van der Waals surface area contributed by atoms with Crippen LogP contribution >= 0.6 is 12.2 Å². The van der Waals surface area contributed by atoms with Gasteiger partial charge in [0.05, 0.1) is 12.4 Å². The molecule has 1 unspecified atom stereocenters. The molecule has 0 saturated carbocycles. The van der Waals surface area contributed by atoms with Gasteiger partial charge in [0.2, 0.25) is 0 Å². The van der Waals surface area contributed by atoms with Gasteiger partial charge in [-0.2, -0.15) is 4.98 Å². The number of nitrogens with one attached hydrogen (secondary N) is 1. The van der Waals surface area contributed by atoms with Crippen molar-refractivity contribution in [2.75, 3.05) is 12.8 Å². The van der Waals surface area contributed by atoms with Gasteiger partial charge < -0.3 is 20.6 Å².